The third-order valence-corrected chi connectivity index (χ3v) is 3.98. The normalized spacial score (nSPS) is 13.3. The summed E-state index contributed by atoms with van der Waals surface area (Å²) in [6, 6.07) is 4.34. The molecule has 1 N–H and O–H groups in total. The van der Waals surface area contributed by atoms with Gasteiger partial charge in [0.25, 0.3) is 0 Å². The number of sulfone groups is 1. The number of hydrogen-bond donors (Lipinski definition) is 1. The highest BCUT2D eigenvalue weighted by atomic mass is 35.5. The predicted molar refractivity (Wildman–Crippen MR) is 79.5 cm³/mol. The fraction of sp³-hybridized carbons (Fsp3) is 0.385. The standard InChI is InChI=1S/C13H15ClFN3O3S/c1-8(9-3-4-11(15)10(14)5-9)16-6-13-17-12(18-21-13)7-22(2,19)20/h3-5,8,16H,6-7H2,1-2H3/t8-/m1/s1. The van der Waals surface area contributed by atoms with E-state index in [4.69, 9.17) is 16.1 Å². The van der Waals surface area contributed by atoms with Gasteiger partial charge in [-0.1, -0.05) is 22.8 Å². The summed E-state index contributed by atoms with van der Waals surface area (Å²) < 4.78 is 40.4. The number of aromatic nitrogens is 2. The van der Waals surface area contributed by atoms with E-state index >= 15 is 0 Å². The summed E-state index contributed by atoms with van der Waals surface area (Å²) in [5.41, 5.74) is 0.808. The molecule has 9 heteroatoms. The van der Waals surface area contributed by atoms with Crippen molar-refractivity contribution in [3.63, 3.8) is 0 Å². The van der Waals surface area contributed by atoms with E-state index in [0.29, 0.717) is 0 Å². The molecule has 1 atom stereocenters. The van der Waals surface area contributed by atoms with Crippen LogP contribution in [0.25, 0.3) is 0 Å². The van der Waals surface area contributed by atoms with Crippen molar-refractivity contribution < 1.29 is 17.3 Å². The van der Waals surface area contributed by atoms with Gasteiger partial charge in [0, 0.05) is 12.3 Å². The van der Waals surface area contributed by atoms with E-state index in [2.05, 4.69) is 15.5 Å². The maximum absolute atomic E-state index is 13.1. The van der Waals surface area contributed by atoms with Crippen LogP contribution < -0.4 is 5.32 Å². The Bertz CT molecular complexity index is 764. The Balaban J connectivity index is 1.96. The molecule has 1 aromatic carbocycles. The highest BCUT2D eigenvalue weighted by molar-refractivity contribution is 7.89. The van der Waals surface area contributed by atoms with Crippen LogP contribution in [0.5, 0.6) is 0 Å². The molecular formula is C13H15ClFN3O3S. The molecule has 0 spiro atoms. The minimum absolute atomic E-state index is 0.0550. The molecule has 22 heavy (non-hydrogen) atoms. The van der Waals surface area contributed by atoms with Gasteiger partial charge in [0.2, 0.25) is 5.89 Å². The molecule has 0 bridgehead atoms. The van der Waals surface area contributed by atoms with Crippen LogP contribution >= 0.6 is 11.6 Å². The quantitative estimate of drug-likeness (QED) is 0.862. The summed E-state index contributed by atoms with van der Waals surface area (Å²) in [7, 11) is -3.20. The lowest BCUT2D eigenvalue weighted by Gasteiger charge is -2.13. The summed E-state index contributed by atoms with van der Waals surface area (Å²) in [5.74, 6) is -0.338. The Morgan fingerprint density at radius 3 is 2.82 bits per heavy atom. The fourth-order valence-electron chi connectivity index (χ4n) is 1.80. The smallest absolute Gasteiger partial charge is 0.240 e. The van der Waals surface area contributed by atoms with Crippen molar-refractivity contribution in [3.05, 3.63) is 46.3 Å². The van der Waals surface area contributed by atoms with Crippen LogP contribution in [0.3, 0.4) is 0 Å². The van der Waals surface area contributed by atoms with Crippen molar-refractivity contribution in [1.82, 2.24) is 15.5 Å². The minimum Gasteiger partial charge on any atom is -0.338 e. The molecule has 120 valence electrons. The molecule has 0 unspecified atom stereocenters. The predicted octanol–water partition coefficient (Wildman–Crippen LogP) is 2.26. The third kappa shape index (κ3) is 4.75. The highest BCUT2D eigenvalue weighted by Gasteiger charge is 2.13. The van der Waals surface area contributed by atoms with Gasteiger partial charge in [0.1, 0.15) is 11.6 Å². The van der Waals surface area contributed by atoms with Crippen LogP contribution in [0.2, 0.25) is 5.02 Å². The van der Waals surface area contributed by atoms with Crippen molar-refractivity contribution in [2.75, 3.05) is 6.26 Å². The van der Waals surface area contributed by atoms with Gasteiger partial charge in [-0.2, -0.15) is 4.98 Å². The van der Waals surface area contributed by atoms with Gasteiger partial charge in [-0.05, 0) is 24.6 Å². The van der Waals surface area contributed by atoms with Crippen LogP contribution in [0.15, 0.2) is 22.7 Å². The first-order valence-corrected chi connectivity index (χ1v) is 8.86. The topological polar surface area (TPSA) is 85.1 Å². The van der Waals surface area contributed by atoms with E-state index in [1.165, 1.54) is 12.1 Å². The molecule has 0 saturated heterocycles. The minimum atomic E-state index is -3.20. The molecule has 6 nitrogen and oxygen atoms in total. The number of nitrogens with zero attached hydrogens (tertiary/aromatic N) is 2. The Morgan fingerprint density at radius 2 is 2.18 bits per heavy atom. The van der Waals surface area contributed by atoms with Crippen LogP contribution in [0, 0.1) is 5.82 Å². The van der Waals surface area contributed by atoms with Gasteiger partial charge in [-0.3, -0.25) is 0 Å². The lowest BCUT2D eigenvalue weighted by Crippen LogP contribution is -2.18. The Labute approximate surface area is 132 Å². The van der Waals surface area contributed by atoms with Gasteiger partial charge in [-0.25, -0.2) is 12.8 Å². The molecule has 1 heterocycles. The number of benzene rings is 1. The second kappa shape index (κ2) is 6.72. The lowest BCUT2D eigenvalue weighted by molar-refractivity contribution is 0.357. The molecule has 0 amide bonds. The molecule has 0 saturated carbocycles. The first-order chi connectivity index (χ1) is 10.2. The zero-order chi connectivity index (χ0) is 16.3. The van der Waals surface area contributed by atoms with Gasteiger partial charge in [0.15, 0.2) is 15.7 Å². The van der Waals surface area contributed by atoms with Crippen molar-refractivity contribution in [2.24, 2.45) is 0 Å². The fourth-order valence-corrected chi connectivity index (χ4v) is 2.57. The van der Waals surface area contributed by atoms with E-state index in [0.717, 1.165) is 11.8 Å². The van der Waals surface area contributed by atoms with Crippen LogP contribution in [0.1, 0.15) is 30.2 Å². The van der Waals surface area contributed by atoms with E-state index < -0.39 is 15.7 Å². The van der Waals surface area contributed by atoms with E-state index in [1.54, 1.807) is 6.07 Å². The zero-order valence-corrected chi connectivity index (χ0v) is 13.6. The number of nitrogens with one attached hydrogen (secondary N) is 1. The maximum Gasteiger partial charge on any atom is 0.240 e. The molecule has 2 aromatic rings. The molecular weight excluding hydrogens is 333 g/mol. The average molecular weight is 348 g/mol. The zero-order valence-electron chi connectivity index (χ0n) is 12.0. The van der Waals surface area contributed by atoms with Gasteiger partial charge in [0.05, 0.1) is 11.6 Å². The van der Waals surface area contributed by atoms with Crippen LogP contribution in [0.4, 0.5) is 4.39 Å². The van der Waals surface area contributed by atoms with E-state index in [1.807, 2.05) is 6.92 Å². The Morgan fingerprint density at radius 1 is 1.45 bits per heavy atom. The Kier molecular flexibility index (Phi) is 5.15. The van der Waals surface area contributed by atoms with Gasteiger partial charge in [-0.15, -0.1) is 0 Å². The first kappa shape index (κ1) is 16.9. The second-order valence-electron chi connectivity index (χ2n) is 4.95. The van der Waals surface area contributed by atoms with Gasteiger partial charge >= 0.3 is 0 Å². The van der Waals surface area contributed by atoms with Crippen molar-refractivity contribution in [1.29, 1.82) is 0 Å². The number of halogens is 2. The molecule has 0 fully saturated rings. The molecule has 2 rings (SSSR count). The summed E-state index contributed by atoms with van der Waals surface area (Å²) in [5, 5.41) is 6.77. The van der Waals surface area contributed by atoms with Crippen molar-refractivity contribution >= 4 is 21.4 Å². The summed E-state index contributed by atoms with van der Waals surface area (Å²) >= 11 is 5.74. The number of hydrogen-bond acceptors (Lipinski definition) is 6. The summed E-state index contributed by atoms with van der Waals surface area (Å²) in [4.78, 5) is 3.99. The van der Waals surface area contributed by atoms with Crippen LogP contribution in [-0.2, 0) is 22.1 Å². The summed E-state index contributed by atoms with van der Waals surface area (Å²) in [6.45, 7) is 2.13. The summed E-state index contributed by atoms with van der Waals surface area (Å²) in [6.07, 6.45) is 1.10. The maximum atomic E-state index is 13.1. The largest absolute Gasteiger partial charge is 0.338 e. The van der Waals surface area contributed by atoms with Crippen molar-refractivity contribution in [2.45, 2.75) is 25.3 Å². The first-order valence-electron chi connectivity index (χ1n) is 6.42. The highest BCUT2D eigenvalue weighted by Crippen LogP contribution is 2.20. The lowest BCUT2D eigenvalue weighted by atomic mass is 10.1. The van der Waals surface area contributed by atoms with Crippen molar-refractivity contribution in [3.8, 4) is 0 Å². The molecule has 0 radical (unpaired) electrons. The molecule has 1 aromatic heterocycles. The second-order valence-corrected chi connectivity index (χ2v) is 7.50. The monoisotopic (exact) mass is 347 g/mol. The molecule has 0 aliphatic rings. The van der Waals surface area contributed by atoms with Gasteiger partial charge < -0.3 is 9.84 Å². The van der Waals surface area contributed by atoms with E-state index in [-0.39, 0.29) is 35.1 Å². The number of rotatable bonds is 6. The average Bonchev–Trinajstić information content (AvgIpc) is 2.84. The van der Waals surface area contributed by atoms with E-state index in [9.17, 15) is 12.8 Å². The SMILES string of the molecule is C[C@@H](NCc1nc(CS(C)(=O)=O)no1)c1ccc(F)c(Cl)c1. The van der Waals surface area contributed by atoms with Crippen LogP contribution in [-0.4, -0.2) is 24.8 Å². The molecule has 0 aliphatic heterocycles. The molecule has 0 aliphatic carbocycles. The third-order valence-electron chi connectivity index (χ3n) is 2.90. The Hall–Kier alpha value is -1.51.